The molecular weight excluding hydrogens is 314 g/mol. The molecule has 0 saturated carbocycles. The Bertz CT molecular complexity index is 458. The first kappa shape index (κ1) is 20.0. The van der Waals surface area contributed by atoms with Gasteiger partial charge in [-0.25, -0.2) is 0 Å². The quantitative estimate of drug-likeness (QED) is 0.613. The van der Waals surface area contributed by atoms with Gasteiger partial charge in [0.05, 0.1) is 19.0 Å². The third-order valence-corrected chi connectivity index (χ3v) is 3.93. The fourth-order valence-corrected chi connectivity index (χ4v) is 2.47. The van der Waals surface area contributed by atoms with Crippen LogP contribution in [0.5, 0.6) is 0 Å². The van der Waals surface area contributed by atoms with Crippen LogP contribution in [0.15, 0.2) is 12.4 Å². The van der Waals surface area contributed by atoms with Gasteiger partial charge < -0.3 is 20.8 Å². The molecule has 0 amide bonds. The number of aryl methyl sites for hydroxylation is 1. The first-order valence-electron chi connectivity index (χ1n) is 8.21. The molecule has 0 aliphatic carbocycles. The number of carbonyl (C=O) groups is 2. The number of likely N-dealkylation sites (tertiary alicyclic amines) is 1. The highest BCUT2D eigenvalue weighted by Gasteiger charge is 2.17. The number of hydrogen-bond donors (Lipinski definition) is 3. The van der Waals surface area contributed by atoms with Crippen LogP contribution in [-0.2, 0) is 16.1 Å². The molecule has 1 fully saturated rings. The number of aromatic nitrogens is 3. The van der Waals surface area contributed by atoms with Crippen LogP contribution >= 0.6 is 0 Å². The van der Waals surface area contributed by atoms with Gasteiger partial charge in [-0.3, -0.25) is 14.3 Å². The minimum Gasteiger partial charge on any atom is -0.481 e. The van der Waals surface area contributed by atoms with Crippen LogP contribution in [0.25, 0.3) is 0 Å². The molecule has 9 heteroatoms. The van der Waals surface area contributed by atoms with Gasteiger partial charge >= 0.3 is 11.9 Å². The zero-order valence-corrected chi connectivity index (χ0v) is 13.9. The van der Waals surface area contributed by atoms with Crippen LogP contribution in [0.3, 0.4) is 0 Å². The van der Waals surface area contributed by atoms with E-state index in [1.54, 1.807) is 6.20 Å². The Morgan fingerprint density at radius 1 is 1.12 bits per heavy atom. The molecule has 2 rings (SSSR count). The number of carboxylic acids is 2. The van der Waals surface area contributed by atoms with Gasteiger partial charge in [-0.05, 0) is 51.4 Å². The summed E-state index contributed by atoms with van der Waals surface area (Å²) in [5.74, 6) is -1.40. The Balaban J connectivity index is 0.000000307. The average Bonchev–Trinajstić information content (AvgIpc) is 3.07. The van der Waals surface area contributed by atoms with Gasteiger partial charge in [0.2, 0.25) is 0 Å². The van der Waals surface area contributed by atoms with Crippen molar-refractivity contribution in [1.82, 2.24) is 19.9 Å². The van der Waals surface area contributed by atoms with Crippen molar-refractivity contribution < 1.29 is 19.8 Å². The Morgan fingerprint density at radius 3 is 2.21 bits per heavy atom. The summed E-state index contributed by atoms with van der Waals surface area (Å²) in [5, 5.41) is 23.5. The van der Waals surface area contributed by atoms with E-state index < -0.39 is 11.9 Å². The zero-order valence-electron chi connectivity index (χ0n) is 13.9. The molecule has 1 aromatic heterocycles. The summed E-state index contributed by atoms with van der Waals surface area (Å²) < 4.78 is 1.90. The second-order valence-corrected chi connectivity index (χ2v) is 5.83. The van der Waals surface area contributed by atoms with Crippen molar-refractivity contribution in [3.8, 4) is 0 Å². The minimum absolute atomic E-state index is 0.296. The van der Waals surface area contributed by atoms with Crippen LogP contribution in [0.4, 0.5) is 0 Å². The normalized spacial score (nSPS) is 15.5. The third kappa shape index (κ3) is 9.21. The van der Waals surface area contributed by atoms with Gasteiger partial charge in [-0.2, -0.15) is 0 Å². The number of piperidine rings is 1. The SMILES string of the molecule is NCC1CCN(CCCn2ccnn2)CC1.O=C(O)CCC(=O)O. The van der Waals surface area contributed by atoms with Crippen molar-refractivity contribution in [2.24, 2.45) is 11.7 Å². The standard InChI is InChI=1S/C11H21N5.C4H6O4/c12-10-11-2-7-15(8-3-11)5-1-6-16-9-4-13-14-16;5-3(6)1-2-4(7)8/h4,9,11H,1-3,5-8,10,12H2;1-2H2,(H,5,6)(H,7,8). The summed E-state index contributed by atoms with van der Waals surface area (Å²) in [7, 11) is 0. The van der Waals surface area contributed by atoms with Crippen LogP contribution in [0.2, 0.25) is 0 Å². The highest BCUT2D eigenvalue weighted by Crippen LogP contribution is 2.15. The number of aliphatic carboxylic acids is 2. The molecule has 1 saturated heterocycles. The summed E-state index contributed by atoms with van der Waals surface area (Å²) >= 11 is 0. The maximum absolute atomic E-state index is 9.64. The fourth-order valence-electron chi connectivity index (χ4n) is 2.47. The Morgan fingerprint density at radius 2 is 1.75 bits per heavy atom. The second kappa shape index (κ2) is 11.5. The van der Waals surface area contributed by atoms with Crippen molar-refractivity contribution in [2.75, 3.05) is 26.2 Å². The van der Waals surface area contributed by atoms with Gasteiger partial charge in [0.25, 0.3) is 0 Å². The lowest BCUT2D eigenvalue weighted by Gasteiger charge is -2.31. The molecule has 9 nitrogen and oxygen atoms in total. The first-order valence-corrected chi connectivity index (χ1v) is 8.21. The van der Waals surface area contributed by atoms with E-state index in [1.807, 2.05) is 10.9 Å². The topological polar surface area (TPSA) is 135 Å². The van der Waals surface area contributed by atoms with Gasteiger partial charge in [0.1, 0.15) is 0 Å². The van der Waals surface area contributed by atoms with E-state index in [0.717, 1.165) is 32.0 Å². The van der Waals surface area contributed by atoms with Crippen LogP contribution in [0.1, 0.15) is 32.1 Å². The summed E-state index contributed by atoms with van der Waals surface area (Å²) in [5.41, 5.74) is 5.68. The molecule has 1 aromatic rings. The molecule has 136 valence electrons. The summed E-state index contributed by atoms with van der Waals surface area (Å²) in [6.07, 6.45) is 6.73. The Hall–Kier alpha value is -2.00. The Labute approximate surface area is 141 Å². The number of rotatable bonds is 8. The lowest BCUT2D eigenvalue weighted by atomic mass is 9.97. The maximum Gasteiger partial charge on any atom is 0.303 e. The predicted molar refractivity (Wildman–Crippen MR) is 87.4 cm³/mol. The fraction of sp³-hybridized carbons (Fsp3) is 0.733. The van der Waals surface area contributed by atoms with Gasteiger partial charge in [-0.15, -0.1) is 5.10 Å². The van der Waals surface area contributed by atoms with Crippen LogP contribution < -0.4 is 5.73 Å². The van der Waals surface area contributed by atoms with E-state index >= 15 is 0 Å². The third-order valence-electron chi connectivity index (χ3n) is 3.93. The van der Waals surface area contributed by atoms with Crippen molar-refractivity contribution in [1.29, 1.82) is 0 Å². The molecule has 0 unspecified atom stereocenters. The highest BCUT2D eigenvalue weighted by molar-refractivity contribution is 5.75. The molecule has 4 N–H and O–H groups in total. The molecule has 1 aliphatic heterocycles. The molecule has 24 heavy (non-hydrogen) atoms. The van der Waals surface area contributed by atoms with E-state index in [4.69, 9.17) is 15.9 Å². The van der Waals surface area contributed by atoms with Crippen LogP contribution in [0, 0.1) is 5.92 Å². The molecule has 0 radical (unpaired) electrons. The minimum atomic E-state index is -1.08. The largest absolute Gasteiger partial charge is 0.481 e. The molecule has 0 aromatic carbocycles. The summed E-state index contributed by atoms with van der Waals surface area (Å²) in [6, 6.07) is 0. The van der Waals surface area contributed by atoms with Crippen LogP contribution in [-0.4, -0.2) is 68.2 Å². The van der Waals surface area contributed by atoms with E-state index in [2.05, 4.69) is 15.2 Å². The van der Waals surface area contributed by atoms with Gasteiger partial charge in [0, 0.05) is 12.7 Å². The van der Waals surface area contributed by atoms with E-state index in [1.165, 1.54) is 25.9 Å². The molecular formula is C15H27N5O4. The van der Waals surface area contributed by atoms with E-state index in [-0.39, 0.29) is 12.8 Å². The predicted octanol–water partition coefficient (Wildman–Crippen LogP) is 0.275. The molecule has 0 atom stereocenters. The summed E-state index contributed by atoms with van der Waals surface area (Å²) in [4.78, 5) is 21.8. The van der Waals surface area contributed by atoms with Gasteiger partial charge in [0.15, 0.2) is 0 Å². The lowest BCUT2D eigenvalue weighted by molar-refractivity contribution is -0.143. The van der Waals surface area contributed by atoms with Crippen molar-refractivity contribution in [3.05, 3.63) is 12.4 Å². The zero-order chi connectivity index (χ0) is 17.8. The number of carboxylic acid groups (broad SMARTS) is 2. The average molecular weight is 341 g/mol. The van der Waals surface area contributed by atoms with Crippen molar-refractivity contribution in [3.63, 3.8) is 0 Å². The molecule has 0 spiro atoms. The molecule has 2 heterocycles. The van der Waals surface area contributed by atoms with Crippen molar-refractivity contribution in [2.45, 2.75) is 38.6 Å². The van der Waals surface area contributed by atoms with Gasteiger partial charge in [-0.1, -0.05) is 5.21 Å². The van der Waals surface area contributed by atoms with Crippen molar-refractivity contribution >= 4 is 11.9 Å². The maximum atomic E-state index is 9.64. The number of nitrogens with two attached hydrogens (primary N) is 1. The smallest absolute Gasteiger partial charge is 0.303 e. The van der Waals surface area contributed by atoms with E-state index in [0.29, 0.717) is 0 Å². The molecule has 1 aliphatic rings. The molecule has 0 bridgehead atoms. The lowest BCUT2D eigenvalue weighted by Crippen LogP contribution is -2.36. The first-order chi connectivity index (χ1) is 11.5. The second-order valence-electron chi connectivity index (χ2n) is 5.83. The summed E-state index contributed by atoms with van der Waals surface area (Å²) in [6.45, 7) is 5.40. The number of nitrogens with zero attached hydrogens (tertiary/aromatic N) is 4. The van der Waals surface area contributed by atoms with E-state index in [9.17, 15) is 9.59 Å². The highest BCUT2D eigenvalue weighted by atomic mass is 16.4. The Kier molecular flexibility index (Phi) is 9.62. The number of hydrogen-bond acceptors (Lipinski definition) is 6. The monoisotopic (exact) mass is 341 g/mol.